The largest absolute Gasteiger partial charge is 0.485 e. The summed E-state index contributed by atoms with van der Waals surface area (Å²) >= 11 is 4.54. The lowest BCUT2D eigenvalue weighted by Crippen LogP contribution is -2.35. The molecule has 12 heteroatoms. The van der Waals surface area contributed by atoms with Crippen molar-refractivity contribution in [3.8, 4) is 5.75 Å². The van der Waals surface area contributed by atoms with Crippen molar-refractivity contribution in [2.75, 3.05) is 24.4 Å². The highest BCUT2D eigenvalue weighted by Crippen LogP contribution is 2.42. The zero-order chi connectivity index (χ0) is 22.4. The third kappa shape index (κ3) is 4.72. The molecule has 0 bridgehead atoms. The van der Waals surface area contributed by atoms with Gasteiger partial charge in [0.2, 0.25) is 0 Å². The Morgan fingerprint density at radius 3 is 2.68 bits per heavy atom. The second kappa shape index (κ2) is 8.22. The molecule has 3 N–H and O–H groups in total. The Kier molecular flexibility index (Phi) is 6.05. The monoisotopic (exact) mass is 539 g/mol. The number of benzene rings is 1. The van der Waals surface area contributed by atoms with E-state index >= 15 is 0 Å². The van der Waals surface area contributed by atoms with E-state index < -0.39 is 33.1 Å². The van der Waals surface area contributed by atoms with Crippen LogP contribution in [0.25, 0.3) is 0 Å². The van der Waals surface area contributed by atoms with E-state index in [4.69, 9.17) is 4.74 Å². The molecule has 2 aromatic rings. The Labute approximate surface area is 190 Å². The van der Waals surface area contributed by atoms with Crippen LogP contribution in [0.2, 0.25) is 0 Å². The summed E-state index contributed by atoms with van der Waals surface area (Å²) < 4.78 is 75.3. The van der Waals surface area contributed by atoms with Crippen LogP contribution in [-0.2, 0) is 29.2 Å². The molecule has 2 aliphatic heterocycles. The number of anilines is 1. The first kappa shape index (κ1) is 22.8. The minimum atomic E-state index is -4.63. The van der Waals surface area contributed by atoms with Crippen LogP contribution in [0, 0.1) is 0 Å². The van der Waals surface area contributed by atoms with Crippen molar-refractivity contribution in [2.24, 2.45) is 0 Å². The van der Waals surface area contributed by atoms with Gasteiger partial charge in [-0.05, 0) is 53.5 Å². The smallest absolute Gasteiger partial charge is 0.419 e. The molecule has 3 heterocycles. The van der Waals surface area contributed by atoms with Crippen LogP contribution < -0.4 is 20.1 Å². The molecule has 1 aromatic carbocycles. The van der Waals surface area contributed by atoms with Gasteiger partial charge in [-0.25, -0.2) is 8.42 Å². The van der Waals surface area contributed by atoms with Crippen molar-refractivity contribution in [3.63, 3.8) is 0 Å². The summed E-state index contributed by atoms with van der Waals surface area (Å²) in [7, 11) is -4.00. The van der Waals surface area contributed by atoms with Gasteiger partial charge >= 0.3 is 6.18 Å². The first-order chi connectivity index (χ1) is 14.5. The average molecular weight is 540 g/mol. The number of hydrogen-bond acceptors (Lipinski definition) is 6. The van der Waals surface area contributed by atoms with E-state index in [1.807, 2.05) is 0 Å². The molecule has 1 atom stereocenters. The number of rotatable bonds is 5. The van der Waals surface area contributed by atoms with Crippen LogP contribution in [0.5, 0.6) is 5.75 Å². The minimum absolute atomic E-state index is 0.00829. The predicted octanol–water partition coefficient (Wildman–Crippen LogP) is 4.11. The van der Waals surface area contributed by atoms with Gasteiger partial charge in [-0.15, -0.1) is 11.3 Å². The summed E-state index contributed by atoms with van der Waals surface area (Å²) in [5.41, 5.74) is -0.841. The number of halogens is 4. The highest BCUT2D eigenvalue weighted by atomic mass is 79.9. The Balaban J connectivity index is 1.67. The first-order valence-corrected chi connectivity index (χ1v) is 12.7. The highest BCUT2D eigenvalue weighted by molar-refractivity contribution is 9.10. The minimum Gasteiger partial charge on any atom is -0.485 e. The van der Waals surface area contributed by atoms with Crippen LogP contribution in [-0.4, -0.2) is 33.7 Å². The Morgan fingerprint density at radius 2 is 2.03 bits per heavy atom. The zero-order valence-corrected chi connectivity index (χ0v) is 19.7. The van der Waals surface area contributed by atoms with Crippen molar-refractivity contribution in [2.45, 2.75) is 42.3 Å². The van der Waals surface area contributed by atoms with E-state index in [1.54, 1.807) is 6.92 Å². The topological polar surface area (TPSA) is 79.5 Å². The van der Waals surface area contributed by atoms with E-state index in [2.05, 4.69) is 31.3 Å². The maximum Gasteiger partial charge on any atom is 0.419 e. The molecule has 170 valence electrons. The van der Waals surface area contributed by atoms with Crippen molar-refractivity contribution < 1.29 is 26.3 Å². The fraction of sp³-hybridized carbons (Fsp3) is 0.474. The highest BCUT2D eigenvalue weighted by Gasteiger charge is 2.38. The third-order valence-electron chi connectivity index (χ3n) is 5.30. The van der Waals surface area contributed by atoms with Crippen LogP contribution in [0.4, 0.5) is 18.9 Å². The molecule has 0 aliphatic carbocycles. The predicted molar refractivity (Wildman–Crippen MR) is 116 cm³/mol. The lowest BCUT2D eigenvalue weighted by molar-refractivity contribution is -0.139. The lowest BCUT2D eigenvalue weighted by Gasteiger charge is -2.27. The van der Waals surface area contributed by atoms with Gasteiger partial charge in [0.1, 0.15) is 11.4 Å². The quantitative estimate of drug-likeness (QED) is 0.533. The van der Waals surface area contributed by atoms with Gasteiger partial charge in [-0.3, -0.25) is 4.72 Å². The Hall–Kier alpha value is -1.34. The van der Waals surface area contributed by atoms with Gasteiger partial charge in [-0.2, -0.15) is 13.2 Å². The van der Waals surface area contributed by atoms with Crippen molar-refractivity contribution in [1.82, 2.24) is 10.6 Å². The second-order valence-electron chi connectivity index (χ2n) is 7.82. The molecular weight excluding hydrogens is 519 g/mol. The van der Waals surface area contributed by atoms with Crippen molar-refractivity contribution >= 4 is 43.0 Å². The van der Waals surface area contributed by atoms with Gasteiger partial charge < -0.3 is 15.4 Å². The summed E-state index contributed by atoms with van der Waals surface area (Å²) in [5, 5.41) is 6.26. The van der Waals surface area contributed by atoms with E-state index in [9.17, 15) is 21.6 Å². The molecule has 1 fully saturated rings. The van der Waals surface area contributed by atoms with E-state index in [0.717, 1.165) is 41.6 Å². The van der Waals surface area contributed by atoms with Gasteiger partial charge in [0.25, 0.3) is 10.0 Å². The molecule has 2 aliphatic rings. The molecule has 1 aromatic heterocycles. The molecule has 0 amide bonds. The number of ether oxygens (including phenoxy) is 1. The zero-order valence-electron chi connectivity index (χ0n) is 16.5. The van der Waals surface area contributed by atoms with Crippen LogP contribution in [0.3, 0.4) is 0 Å². The van der Waals surface area contributed by atoms with Gasteiger partial charge in [0.05, 0.1) is 15.7 Å². The molecule has 0 unspecified atom stereocenters. The second-order valence-corrected chi connectivity index (χ2v) is 11.6. The van der Waals surface area contributed by atoms with Gasteiger partial charge in [0, 0.05) is 37.0 Å². The van der Waals surface area contributed by atoms with Crippen LogP contribution in [0.15, 0.2) is 26.9 Å². The number of thiophene rings is 1. The summed E-state index contributed by atoms with van der Waals surface area (Å²) in [4.78, 5) is 0.976. The SMILES string of the molecule is C[C@@]1(Oc2cc(NS(=O)(=O)c3sc4c(c3Br)CNCC4)ccc2C(F)(F)F)CCNC1. The van der Waals surface area contributed by atoms with E-state index in [1.165, 1.54) is 11.3 Å². The van der Waals surface area contributed by atoms with Gasteiger partial charge in [0.15, 0.2) is 4.21 Å². The number of nitrogens with one attached hydrogen (secondary N) is 3. The Morgan fingerprint density at radius 1 is 1.26 bits per heavy atom. The molecule has 0 radical (unpaired) electrons. The van der Waals surface area contributed by atoms with E-state index in [0.29, 0.717) is 30.5 Å². The maximum atomic E-state index is 13.5. The average Bonchev–Trinajstić information content (AvgIpc) is 3.25. The lowest BCUT2D eigenvalue weighted by atomic mass is 10.1. The fourth-order valence-electron chi connectivity index (χ4n) is 3.68. The number of fused-ring (bicyclic) bond motifs is 1. The number of hydrogen-bond donors (Lipinski definition) is 3. The van der Waals surface area contributed by atoms with Crippen LogP contribution >= 0.6 is 27.3 Å². The normalized spacial score (nSPS) is 21.7. The molecule has 1 saturated heterocycles. The van der Waals surface area contributed by atoms with Crippen LogP contribution in [0.1, 0.15) is 29.3 Å². The van der Waals surface area contributed by atoms with Crippen molar-refractivity contribution in [3.05, 3.63) is 38.7 Å². The maximum absolute atomic E-state index is 13.5. The summed E-state index contributed by atoms with van der Waals surface area (Å²) in [6, 6.07) is 3.05. The Bertz CT molecular complexity index is 1100. The van der Waals surface area contributed by atoms with E-state index in [-0.39, 0.29) is 9.90 Å². The molecule has 6 nitrogen and oxygen atoms in total. The third-order valence-corrected chi connectivity index (χ3v) is 9.89. The molecule has 0 spiro atoms. The number of alkyl halides is 3. The molecule has 0 saturated carbocycles. The summed E-state index contributed by atoms with van der Waals surface area (Å²) in [6.45, 7) is 4.09. The standard InChI is InChI=1S/C19H21BrF3N3O3S2/c1-18(5-7-25-10-18)29-14-8-11(2-3-13(14)19(21,22)23)26-31(27,28)17-16(20)12-9-24-6-4-15(12)30-17/h2-3,8,24-26H,4-7,9-10H2,1H3/t18-/m1/s1. The molecular formula is C19H21BrF3N3O3S2. The fourth-order valence-corrected chi connectivity index (χ4v) is 7.77. The van der Waals surface area contributed by atoms with Crippen molar-refractivity contribution in [1.29, 1.82) is 0 Å². The molecule has 31 heavy (non-hydrogen) atoms. The number of sulfonamides is 1. The summed E-state index contributed by atoms with van der Waals surface area (Å²) in [6.07, 6.45) is -3.36. The molecule has 4 rings (SSSR count). The summed E-state index contributed by atoms with van der Waals surface area (Å²) in [5.74, 6) is -0.396. The van der Waals surface area contributed by atoms with Gasteiger partial charge in [-0.1, -0.05) is 0 Å². The first-order valence-electron chi connectivity index (χ1n) is 9.63.